The number of aliphatic hydroxyl groups is 1. The van der Waals surface area contributed by atoms with Gasteiger partial charge in [-0.05, 0) is 18.8 Å². The van der Waals surface area contributed by atoms with E-state index in [0.29, 0.717) is 5.92 Å². The Bertz CT molecular complexity index is 353. The van der Waals surface area contributed by atoms with Gasteiger partial charge in [0.1, 0.15) is 0 Å². The lowest BCUT2D eigenvalue weighted by Gasteiger charge is -2.23. The minimum Gasteiger partial charge on any atom is -0.388 e. The molecule has 3 heteroatoms. The van der Waals surface area contributed by atoms with Crippen molar-refractivity contribution in [1.82, 2.24) is 9.78 Å². The van der Waals surface area contributed by atoms with Crippen LogP contribution in [0.2, 0.25) is 0 Å². The highest BCUT2D eigenvalue weighted by atomic mass is 16.3. The number of hydrogen-bond donors (Lipinski definition) is 1. The molecule has 1 N–H and O–H groups in total. The monoisotopic (exact) mass is 236 g/mol. The van der Waals surface area contributed by atoms with Crippen LogP contribution < -0.4 is 0 Å². The first-order valence-corrected chi connectivity index (χ1v) is 6.91. The van der Waals surface area contributed by atoms with E-state index in [1.54, 1.807) is 0 Å². The lowest BCUT2D eigenvalue weighted by molar-refractivity contribution is 0.130. The quantitative estimate of drug-likeness (QED) is 0.872. The molecule has 0 aromatic carbocycles. The summed E-state index contributed by atoms with van der Waals surface area (Å²) in [5, 5.41) is 14.7. The van der Waals surface area contributed by atoms with Gasteiger partial charge in [0.2, 0.25) is 0 Å². The Morgan fingerprint density at radius 3 is 2.76 bits per heavy atom. The summed E-state index contributed by atoms with van der Waals surface area (Å²) in [6.07, 6.45) is 10.1. The second kappa shape index (κ2) is 5.67. The van der Waals surface area contributed by atoms with Gasteiger partial charge in [0.05, 0.1) is 11.8 Å². The minimum absolute atomic E-state index is 0.318. The van der Waals surface area contributed by atoms with Crippen LogP contribution in [0.5, 0.6) is 0 Å². The molecule has 0 bridgehead atoms. The van der Waals surface area contributed by atoms with Gasteiger partial charge in [-0.15, -0.1) is 0 Å². The largest absolute Gasteiger partial charge is 0.388 e. The maximum Gasteiger partial charge on any atom is 0.0826 e. The first kappa shape index (κ1) is 12.6. The first-order valence-electron chi connectivity index (χ1n) is 6.91. The Balaban J connectivity index is 2.00. The first-order chi connectivity index (χ1) is 8.20. The summed E-state index contributed by atoms with van der Waals surface area (Å²) in [4.78, 5) is 0. The molecule has 0 saturated heterocycles. The fourth-order valence-corrected chi connectivity index (χ4v) is 2.97. The second-order valence-corrected chi connectivity index (χ2v) is 5.31. The second-order valence-electron chi connectivity index (χ2n) is 5.31. The summed E-state index contributed by atoms with van der Waals surface area (Å²) < 4.78 is 1.82. The van der Waals surface area contributed by atoms with Crippen molar-refractivity contribution in [3.8, 4) is 0 Å². The lowest BCUT2D eigenvalue weighted by Crippen LogP contribution is -2.11. The SMILES string of the molecule is CCc1nn(C)cc1C(O)CC1CCCCC1. The third-order valence-electron chi connectivity index (χ3n) is 3.91. The normalized spacial score (nSPS) is 19.5. The summed E-state index contributed by atoms with van der Waals surface area (Å²) in [5.41, 5.74) is 2.09. The third kappa shape index (κ3) is 3.09. The van der Waals surface area contributed by atoms with Crippen molar-refractivity contribution >= 4 is 0 Å². The summed E-state index contributed by atoms with van der Waals surface area (Å²) in [6, 6.07) is 0. The predicted molar refractivity (Wildman–Crippen MR) is 68.7 cm³/mol. The summed E-state index contributed by atoms with van der Waals surface area (Å²) in [5.74, 6) is 0.712. The summed E-state index contributed by atoms with van der Waals surface area (Å²) in [7, 11) is 1.93. The zero-order chi connectivity index (χ0) is 12.3. The molecule has 0 aliphatic heterocycles. The molecule has 1 fully saturated rings. The molecule has 1 aliphatic carbocycles. The van der Waals surface area contributed by atoms with E-state index in [-0.39, 0.29) is 6.10 Å². The molecule has 1 heterocycles. The van der Waals surface area contributed by atoms with E-state index in [4.69, 9.17) is 0 Å². The van der Waals surface area contributed by atoms with Crippen LogP contribution in [-0.4, -0.2) is 14.9 Å². The van der Waals surface area contributed by atoms with Crippen molar-refractivity contribution in [2.24, 2.45) is 13.0 Å². The molecule has 1 aromatic rings. The van der Waals surface area contributed by atoms with Gasteiger partial charge in [-0.2, -0.15) is 5.10 Å². The average molecular weight is 236 g/mol. The zero-order valence-electron chi connectivity index (χ0n) is 11.0. The van der Waals surface area contributed by atoms with Crippen molar-refractivity contribution in [3.05, 3.63) is 17.5 Å². The average Bonchev–Trinajstić information content (AvgIpc) is 2.72. The van der Waals surface area contributed by atoms with Crippen molar-refractivity contribution in [1.29, 1.82) is 0 Å². The summed E-state index contributed by atoms with van der Waals surface area (Å²) >= 11 is 0. The van der Waals surface area contributed by atoms with E-state index in [0.717, 1.165) is 24.1 Å². The molecular formula is C14H24N2O. The van der Waals surface area contributed by atoms with Gasteiger partial charge in [0.15, 0.2) is 0 Å². The third-order valence-corrected chi connectivity index (χ3v) is 3.91. The molecule has 1 saturated carbocycles. The molecule has 1 aliphatic rings. The maximum absolute atomic E-state index is 10.3. The van der Waals surface area contributed by atoms with Gasteiger partial charge in [-0.3, -0.25) is 4.68 Å². The van der Waals surface area contributed by atoms with E-state index >= 15 is 0 Å². The number of rotatable bonds is 4. The molecule has 0 amide bonds. The number of aromatic nitrogens is 2. The van der Waals surface area contributed by atoms with Gasteiger partial charge < -0.3 is 5.11 Å². The molecule has 1 atom stereocenters. The molecule has 1 aromatic heterocycles. The molecule has 0 radical (unpaired) electrons. The standard InChI is InChI=1S/C14H24N2O/c1-3-13-12(10-16(2)15-13)14(17)9-11-7-5-4-6-8-11/h10-11,14,17H,3-9H2,1-2H3. The van der Waals surface area contributed by atoms with Crippen LogP contribution >= 0.6 is 0 Å². The number of aliphatic hydroxyl groups excluding tert-OH is 1. The Morgan fingerprint density at radius 1 is 1.41 bits per heavy atom. The van der Waals surface area contributed by atoms with Crippen LogP contribution in [0.4, 0.5) is 0 Å². The van der Waals surface area contributed by atoms with Gasteiger partial charge >= 0.3 is 0 Å². The number of nitrogens with zero attached hydrogens (tertiary/aromatic N) is 2. The van der Waals surface area contributed by atoms with Crippen molar-refractivity contribution in [2.45, 2.75) is 58.0 Å². The van der Waals surface area contributed by atoms with E-state index in [1.807, 2.05) is 17.9 Å². The van der Waals surface area contributed by atoms with E-state index in [1.165, 1.54) is 32.1 Å². The van der Waals surface area contributed by atoms with Crippen molar-refractivity contribution in [3.63, 3.8) is 0 Å². The highest BCUT2D eigenvalue weighted by Gasteiger charge is 2.21. The predicted octanol–water partition coefficient (Wildman–Crippen LogP) is 2.99. The van der Waals surface area contributed by atoms with Gasteiger partial charge in [0.25, 0.3) is 0 Å². The molecular weight excluding hydrogens is 212 g/mol. The topological polar surface area (TPSA) is 38.0 Å². The molecule has 96 valence electrons. The lowest BCUT2D eigenvalue weighted by atomic mass is 9.84. The minimum atomic E-state index is -0.318. The molecule has 1 unspecified atom stereocenters. The van der Waals surface area contributed by atoms with Gasteiger partial charge in [0, 0.05) is 18.8 Å². The highest BCUT2D eigenvalue weighted by molar-refractivity contribution is 5.19. The van der Waals surface area contributed by atoms with Gasteiger partial charge in [-0.1, -0.05) is 39.0 Å². The Hall–Kier alpha value is -0.830. The van der Waals surface area contributed by atoms with Crippen LogP contribution in [0, 0.1) is 5.92 Å². The molecule has 0 spiro atoms. The van der Waals surface area contributed by atoms with Crippen LogP contribution in [0.15, 0.2) is 6.20 Å². The molecule has 2 rings (SSSR count). The van der Waals surface area contributed by atoms with Crippen molar-refractivity contribution in [2.75, 3.05) is 0 Å². The van der Waals surface area contributed by atoms with Crippen LogP contribution in [0.25, 0.3) is 0 Å². The smallest absolute Gasteiger partial charge is 0.0826 e. The van der Waals surface area contributed by atoms with E-state index in [2.05, 4.69) is 12.0 Å². The van der Waals surface area contributed by atoms with E-state index < -0.39 is 0 Å². The Kier molecular flexibility index (Phi) is 4.21. The number of aryl methyl sites for hydroxylation is 2. The Morgan fingerprint density at radius 2 is 2.12 bits per heavy atom. The number of hydrogen-bond acceptors (Lipinski definition) is 2. The molecule has 3 nitrogen and oxygen atoms in total. The van der Waals surface area contributed by atoms with E-state index in [9.17, 15) is 5.11 Å². The molecule has 17 heavy (non-hydrogen) atoms. The van der Waals surface area contributed by atoms with Crippen LogP contribution in [0.1, 0.15) is 62.8 Å². The van der Waals surface area contributed by atoms with Gasteiger partial charge in [-0.25, -0.2) is 0 Å². The maximum atomic E-state index is 10.3. The summed E-state index contributed by atoms with van der Waals surface area (Å²) in [6.45, 7) is 2.10. The fraction of sp³-hybridized carbons (Fsp3) is 0.786. The fourth-order valence-electron chi connectivity index (χ4n) is 2.97. The van der Waals surface area contributed by atoms with Crippen LogP contribution in [-0.2, 0) is 13.5 Å². The zero-order valence-corrected chi connectivity index (χ0v) is 11.0. The van der Waals surface area contributed by atoms with Crippen LogP contribution in [0.3, 0.4) is 0 Å². The highest BCUT2D eigenvalue weighted by Crippen LogP contribution is 2.32. The Labute approximate surface area is 104 Å². The van der Waals surface area contributed by atoms with Crippen molar-refractivity contribution < 1.29 is 5.11 Å².